The van der Waals surface area contributed by atoms with Gasteiger partial charge in [-0.3, -0.25) is 4.55 Å². The lowest BCUT2D eigenvalue weighted by Crippen LogP contribution is -2.06. The van der Waals surface area contributed by atoms with Crippen LogP contribution in [-0.4, -0.2) is 34.3 Å². The zero-order valence-electron chi connectivity index (χ0n) is 9.76. The molecule has 0 atom stereocenters. The summed E-state index contributed by atoms with van der Waals surface area (Å²) >= 11 is 0. The van der Waals surface area contributed by atoms with E-state index in [-0.39, 0.29) is 17.1 Å². The molecule has 6 nitrogen and oxygen atoms in total. The zero-order valence-corrected chi connectivity index (χ0v) is 10.6. The quantitative estimate of drug-likeness (QED) is 0.800. The van der Waals surface area contributed by atoms with Gasteiger partial charge in [0.15, 0.2) is 0 Å². The summed E-state index contributed by atoms with van der Waals surface area (Å²) < 4.78 is 45.8. The van der Waals surface area contributed by atoms with Crippen molar-refractivity contribution in [2.75, 3.05) is 21.3 Å². The molecule has 0 radical (unpaired) electrons. The fraction of sp³-hybridized carbons (Fsp3) is 0.400. The SMILES string of the molecule is COc1cc(OC)c(CS(=O)(=O)O)c(OC)c1. The van der Waals surface area contributed by atoms with Crippen LogP contribution >= 0.6 is 0 Å². The van der Waals surface area contributed by atoms with Gasteiger partial charge in [0.25, 0.3) is 10.1 Å². The van der Waals surface area contributed by atoms with Gasteiger partial charge in [-0.1, -0.05) is 0 Å². The molecule has 1 aromatic carbocycles. The van der Waals surface area contributed by atoms with E-state index in [1.807, 2.05) is 0 Å². The number of benzene rings is 1. The Morgan fingerprint density at radius 2 is 1.53 bits per heavy atom. The normalized spacial score (nSPS) is 11.1. The van der Waals surface area contributed by atoms with Crippen molar-refractivity contribution in [1.29, 1.82) is 0 Å². The van der Waals surface area contributed by atoms with Crippen LogP contribution in [0.25, 0.3) is 0 Å². The lowest BCUT2D eigenvalue weighted by molar-refractivity contribution is 0.369. The number of hydrogen-bond acceptors (Lipinski definition) is 5. The molecule has 0 unspecified atom stereocenters. The lowest BCUT2D eigenvalue weighted by atomic mass is 10.2. The van der Waals surface area contributed by atoms with Crippen LogP contribution in [0.4, 0.5) is 0 Å². The number of methoxy groups -OCH3 is 3. The molecule has 0 heterocycles. The van der Waals surface area contributed by atoms with Crippen molar-refractivity contribution in [3.63, 3.8) is 0 Å². The highest BCUT2D eigenvalue weighted by Gasteiger charge is 2.18. The van der Waals surface area contributed by atoms with Gasteiger partial charge in [0, 0.05) is 12.1 Å². The predicted octanol–water partition coefficient (Wildman–Crippen LogP) is 1.10. The van der Waals surface area contributed by atoms with E-state index in [9.17, 15) is 8.42 Å². The molecule has 1 N–H and O–H groups in total. The van der Waals surface area contributed by atoms with Crippen LogP contribution in [0.3, 0.4) is 0 Å². The van der Waals surface area contributed by atoms with Crippen molar-refractivity contribution in [3.8, 4) is 17.2 Å². The van der Waals surface area contributed by atoms with Crippen LogP contribution in [0.2, 0.25) is 0 Å². The van der Waals surface area contributed by atoms with Crippen LogP contribution in [0, 0.1) is 0 Å². The Kier molecular flexibility index (Phi) is 4.19. The van der Waals surface area contributed by atoms with Gasteiger partial charge < -0.3 is 14.2 Å². The summed E-state index contributed by atoms with van der Waals surface area (Å²) in [4.78, 5) is 0. The molecule has 0 bridgehead atoms. The first-order chi connectivity index (χ1) is 7.91. The Morgan fingerprint density at radius 1 is 1.06 bits per heavy atom. The number of hydrogen-bond donors (Lipinski definition) is 1. The predicted molar refractivity (Wildman–Crippen MR) is 61.4 cm³/mol. The average molecular weight is 262 g/mol. The Balaban J connectivity index is 3.34. The first-order valence-corrected chi connectivity index (χ1v) is 6.26. The van der Waals surface area contributed by atoms with Crippen LogP contribution in [0.15, 0.2) is 12.1 Å². The number of rotatable bonds is 5. The molecule has 0 amide bonds. The standard InChI is InChI=1S/C10H14O6S/c1-14-7-4-9(15-2)8(6-17(11,12)13)10(5-7)16-3/h4-5H,6H2,1-3H3,(H,11,12,13). The third-order valence-corrected chi connectivity index (χ3v) is 2.80. The topological polar surface area (TPSA) is 82.1 Å². The minimum atomic E-state index is -4.16. The average Bonchev–Trinajstić information content (AvgIpc) is 2.27. The summed E-state index contributed by atoms with van der Waals surface area (Å²) in [7, 11) is 0.0873. The minimum Gasteiger partial charge on any atom is -0.496 e. The summed E-state index contributed by atoms with van der Waals surface area (Å²) in [6.07, 6.45) is 0. The molecule has 0 fully saturated rings. The Hall–Kier alpha value is -1.47. The summed E-state index contributed by atoms with van der Waals surface area (Å²) in [6.45, 7) is 0. The van der Waals surface area contributed by atoms with Gasteiger partial charge in [0.2, 0.25) is 0 Å². The molecule has 0 saturated heterocycles. The van der Waals surface area contributed by atoms with Crippen molar-refractivity contribution in [1.82, 2.24) is 0 Å². The molecule has 7 heteroatoms. The summed E-state index contributed by atoms with van der Waals surface area (Å²) in [5.74, 6) is 0.444. The molecular weight excluding hydrogens is 248 g/mol. The molecule has 0 aromatic heterocycles. The van der Waals surface area contributed by atoms with Gasteiger partial charge in [0.05, 0.1) is 26.9 Å². The molecule has 0 aliphatic rings. The molecule has 96 valence electrons. The fourth-order valence-corrected chi connectivity index (χ4v) is 2.05. The fourth-order valence-electron chi connectivity index (χ4n) is 1.40. The zero-order chi connectivity index (χ0) is 13.1. The highest BCUT2D eigenvalue weighted by Crippen LogP contribution is 2.35. The van der Waals surface area contributed by atoms with Gasteiger partial charge >= 0.3 is 0 Å². The van der Waals surface area contributed by atoms with E-state index >= 15 is 0 Å². The van der Waals surface area contributed by atoms with Gasteiger partial charge in [0.1, 0.15) is 23.0 Å². The molecule has 0 spiro atoms. The van der Waals surface area contributed by atoms with Crippen LogP contribution in [0.1, 0.15) is 5.56 Å². The molecular formula is C10H14O6S. The Bertz CT molecular complexity index is 469. The van der Waals surface area contributed by atoms with E-state index in [0.717, 1.165) is 0 Å². The lowest BCUT2D eigenvalue weighted by Gasteiger charge is -2.13. The first kappa shape index (κ1) is 13.6. The second-order valence-corrected chi connectivity index (χ2v) is 4.69. The first-order valence-electron chi connectivity index (χ1n) is 4.65. The van der Waals surface area contributed by atoms with Gasteiger partial charge in [-0.2, -0.15) is 8.42 Å². The Morgan fingerprint density at radius 3 is 1.82 bits per heavy atom. The molecule has 0 saturated carbocycles. The molecule has 0 aliphatic heterocycles. The highest BCUT2D eigenvalue weighted by atomic mass is 32.2. The number of ether oxygens (including phenoxy) is 3. The van der Waals surface area contributed by atoms with E-state index in [0.29, 0.717) is 5.75 Å². The smallest absolute Gasteiger partial charge is 0.269 e. The van der Waals surface area contributed by atoms with Crippen molar-refractivity contribution in [3.05, 3.63) is 17.7 Å². The largest absolute Gasteiger partial charge is 0.496 e. The maximum Gasteiger partial charge on any atom is 0.269 e. The van der Waals surface area contributed by atoms with Crippen LogP contribution in [0.5, 0.6) is 17.2 Å². The van der Waals surface area contributed by atoms with Crippen molar-refractivity contribution in [2.24, 2.45) is 0 Å². The summed E-state index contributed by atoms with van der Waals surface area (Å²) in [5.41, 5.74) is 0.248. The van der Waals surface area contributed by atoms with E-state index in [1.54, 1.807) is 0 Å². The Labute approximate surface area is 99.9 Å². The molecule has 1 rings (SSSR count). The summed E-state index contributed by atoms with van der Waals surface area (Å²) in [6, 6.07) is 3.03. The van der Waals surface area contributed by atoms with E-state index in [4.69, 9.17) is 18.8 Å². The van der Waals surface area contributed by atoms with Crippen molar-refractivity contribution >= 4 is 10.1 Å². The minimum absolute atomic E-state index is 0.248. The van der Waals surface area contributed by atoms with Gasteiger partial charge in [-0.15, -0.1) is 0 Å². The third kappa shape index (κ3) is 3.50. The van der Waals surface area contributed by atoms with Gasteiger partial charge in [-0.05, 0) is 0 Å². The molecule has 17 heavy (non-hydrogen) atoms. The highest BCUT2D eigenvalue weighted by molar-refractivity contribution is 7.85. The second-order valence-electron chi connectivity index (χ2n) is 3.24. The van der Waals surface area contributed by atoms with Crippen LogP contribution < -0.4 is 14.2 Å². The summed E-state index contributed by atoms with van der Waals surface area (Å²) in [5, 5.41) is 0. The van der Waals surface area contributed by atoms with E-state index in [2.05, 4.69) is 0 Å². The molecule has 0 aliphatic carbocycles. The maximum atomic E-state index is 10.9. The van der Waals surface area contributed by atoms with E-state index < -0.39 is 15.9 Å². The monoisotopic (exact) mass is 262 g/mol. The molecule has 1 aromatic rings. The third-order valence-electron chi connectivity index (χ3n) is 2.14. The van der Waals surface area contributed by atoms with Gasteiger partial charge in [-0.25, -0.2) is 0 Å². The van der Waals surface area contributed by atoms with Crippen molar-refractivity contribution < 1.29 is 27.2 Å². The van der Waals surface area contributed by atoms with Crippen LogP contribution in [-0.2, 0) is 15.9 Å². The maximum absolute atomic E-state index is 10.9. The second kappa shape index (κ2) is 5.24. The van der Waals surface area contributed by atoms with Crippen molar-refractivity contribution in [2.45, 2.75) is 5.75 Å². The van der Waals surface area contributed by atoms with E-state index in [1.165, 1.54) is 33.5 Å².